The van der Waals surface area contributed by atoms with Crippen LogP contribution in [0.3, 0.4) is 0 Å². The van der Waals surface area contributed by atoms with Crippen molar-refractivity contribution in [3.8, 4) is 5.75 Å². The largest absolute Gasteiger partial charge is 0.508 e. The minimum atomic E-state index is -0.163. The van der Waals surface area contributed by atoms with E-state index in [0.717, 1.165) is 17.7 Å². The molecule has 0 fully saturated rings. The van der Waals surface area contributed by atoms with Crippen LogP contribution in [0.4, 0.5) is 0 Å². The number of hydrogen-bond donors (Lipinski definition) is 1. The van der Waals surface area contributed by atoms with Crippen LogP contribution in [0.5, 0.6) is 5.75 Å². The minimum Gasteiger partial charge on any atom is -0.508 e. The van der Waals surface area contributed by atoms with Crippen molar-refractivity contribution in [3.63, 3.8) is 0 Å². The average Bonchev–Trinajstić information content (AvgIpc) is 2.31. The molecule has 1 aromatic carbocycles. The Morgan fingerprint density at radius 3 is 2.53 bits per heavy atom. The summed E-state index contributed by atoms with van der Waals surface area (Å²) < 4.78 is 5.04. The maximum atomic E-state index is 11.7. The number of carbonyl (C=O) groups is 1. The Kier molecular flexibility index (Phi) is 5.91. The van der Waals surface area contributed by atoms with Crippen LogP contribution in [0.15, 0.2) is 29.2 Å². The zero-order valence-electron chi connectivity index (χ0n) is 10.2. The average molecular weight is 254 g/mol. The topological polar surface area (TPSA) is 46.5 Å². The number of phenolic OH excluding ortho intramolecular Hbond substituents is 1. The Morgan fingerprint density at radius 2 is 2.00 bits per heavy atom. The normalized spacial score (nSPS) is 12.1. The maximum Gasteiger partial charge on any atom is 0.319 e. The second-order valence-corrected chi connectivity index (χ2v) is 4.92. The number of thioether (sulfide) groups is 1. The van der Waals surface area contributed by atoms with Gasteiger partial charge in [-0.3, -0.25) is 4.79 Å². The summed E-state index contributed by atoms with van der Waals surface area (Å²) in [6.07, 6.45) is 1.74. The molecule has 1 N–H and O–H groups in total. The van der Waals surface area contributed by atoms with Gasteiger partial charge in [-0.2, -0.15) is 0 Å². The molecular formula is C13H18O3S. The summed E-state index contributed by atoms with van der Waals surface area (Å²) in [4.78, 5) is 12.7. The zero-order valence-corrected chi connectivity index (χ0v) is 11.0. The first-order valence-electron chi connectivity index (χ1n) is 5.79. The number of esters is 1. The van der Waals surface area contributed by atoms with Crippen LogP contribution in [0.2, 0.25) is 0 Å². The Bertz CT molecular complexity index is 348. The third kappa shape index (κ3) is 4.69. The minimum absolute atomic E-state index is 0.160. The molecule has 0 aliphatic rings. The smallest absolute Gasteiger partial charge is 0.319 e. The van der Waals surface area contributed by atoms with E-state index in [-0.39, 0.29) is 17.0 Å². The van der Waals surface area contributed by atoms with Crippen molar-refractivity contribution >= 4 is 17.7 Å². The van der Waals surface area contributed by atoms with E-state index in [9.17, 15) is 9.90 Å². The Labute approximate surface area is 106 Å². The van der Waals surface area contributed by atoms with E-state index in [1.807, 2.05) is 26.0 Å². The first kappa shape index (κ1) is 13.9. The third-order valence-corrected chi connectivity index (χ3v) is 3.47. The second-order valence-electron chi connectivity index (χ2n) is 3.64. The summed E-state index contributed by atoms with van der Waals surface area (Å²) in [5.74, 6) is 0.0740. The number of carbonyl (C=O) groups excluding carboxylic acids is 1. The van der Waals surface area contributed by atoms with E-state index in [1.165, 1.54) is 11.8 Å². The molecule has 0 aromatic heterocycles. The number of phenols is 1. The number of ether oxygens (including phenoxy) is 1. The number of rotatable bonds is 6. The summed E-state index contributed by atoms with van der Waals surface area (Å²) in [5, 5.41) is 9.02. The van der Waals surface area contributed by atoms with E-state index >= 15 is 0 Å². The predicted molar refractivity (Wildman–Crippen MR) is 69.3 cm³/mol. The first-order valence-corrected chi connectivity index (χ1v) is 6.67. The Hall–Kier alpha value is -1.16. The SMILES string of the molecule is CCCC(Sc1ccc(O)cc1)C(=O)OCC. The van der Waals surface area contributed by atoms with Gasteiger partial charge in [-0.25, -0.2) is 0 Å². The van der Waals surface area contributed by atoms with Crippen molar-refractivity contribution < 1.29 is 14.6 Å². The van der Waals surface area contributed by atoms with Crippen molar-refractivity contribution in [2.24, 2.45) is 0 Å². The summed E-state index contributed by atoms with van der Waals surface area (Å²) in [6, 6.07) is 6.86. The molecule has 0 saturated heterocycles. The summed E-state index contributed by atoms with van der Waals surface area (Å²) in [6.45, 7) is 4.27. The number of hydrogen-bond acceptors (Lipinski definition) is 4. The van der Waals surface area contributed by atoms with E-state index in [1.54, 1.807) is 12.1 Å². The van der Waals surface area contributed by atoms with Crippen LogP contribution in [0.25, 0.3) is 0 Å². The van der Waals surface area contributed by atoms with Gasteiger partial charge in [0.2, 0.25) is 0 Å². The van der Waals surface area contributed by atoms with Gasteiger partial charge < -0.3 is 9.84 Å². The molecule has 1 atom stereocenters. The molecule has 0 aliphatic carbocycles. The van der Waals surface area contributed by atoms with Gasteiger partial charge in [0.15, 0.2) is 0 Å². The molecule has 0 saturated carbocycles. The Balaban J connectivity index is 2.65. The van der Waals surface area contributed by atoms with Crippen LogP contribution in [0.1, 0.15) is 26.7 Å². The maximum absolute atomic E-state index is 11.7. The molecule has 0 radical (unpaired) electrons. The van der Waals surface area contributed by atoms with Gasteiger partial charge in [0.25, 0.3) is 0 Å². The fourth-order valence-corrected chi connectivity index (χ4v) is 2.55. The second kappa shape index (κ2) is 7.22. The van der Waals surface area contributed by atoms with Gasteiger partial charge in [-0.1, -0.05) is 13.3 Å². The lowest BCUT2D eigenvalue weighted by Crippen LogP contribution is -2.20. The number of benzene rings is 1. The summed E-state index contributed by atoms with van der Waals surface area (Å²) in [5.41, 5.74) is 0. The van der Waals surface area contributed by atoms with Gasteiger partial charge in [0.05, 0.1) is 6.61 Å². The first-order chi connectivity index (χ1) is 8.17. The molecular weight excluding hydrogens is 236 g/mol. The molecule has 4 heteroatoms. The number of aromatic hydroxyl groups is 1. The highest BCUT2D eigenvalue weighted by Crippen LogP contribution is 2.28. The van der Waals surface area contributed by atoms with Gasteiger partial charge in [0.1, 0.15) is 11.0 Å². The van der Waals surface area contributed by atoms with Crippen molar-refractivity contribution in [1.82, 2.24) is 0 Å². The lowest BCUT2D eigenvalue weighted by molar-refractivity contribution is -0.142. The van der Waals surface area contributed by atoms with Gasteiger partial charge in [-0.05, 0) is 37.6 Å². The molecule has 94 valence electrons. The van der Waals surface area contributed by atoms with Crippen LogP contribution in [-0.2, 0) is 9.53 Å². The van der Waals surface area contributed by atoms with Crippen LogP contribution >= 0.6 is 11.8 Å². The molecule has 0 heterocycles. The molecule has 0 aliphatic heterocycles. The van der Waals surface area contributed by atoms with Crippen molar-refractivity contribution in [3.05, 3.63) is 24.3 Å². The van der Waals surface area contributed by atoms with E-state index < -0.39 is 0 Å². The molecule has 1 rings (SSSR count). The van der Waals surface area contributed by atoms with E-state index in [4.69, 9.17) is 4.74 Å². The predicted octanol–water partition coefficient (Wildman–Crippen LogP) is 3.22. The zero-order chi connectivity index (χ0) is 12.7. The van der Waals surface area contributed by atoms with Crippen molar-refractivity contribution in [2.75, 3.05) is 6.61 Å². The highest BCUT2D eigenvalue weighted by molar-refractivity contribution is 8.00. The van der Waals surface area contributed by atoms with Gasteiger partial charge >= 0.3 is 5.97 Å². The molecule has 0 spiro atoms. The molecule has 1 unspecified atom stereocenters. The molecule has 0 bridgehead atoms. The highest BCUT2D eigenvalue weighted by Gasteiger charge is 2.19. The molecule has 17 heavy (non-hydrogen) atoms. The van der Waals surface area contributed by atoms with Crippen LogP contribution in [0, 0.1) is 0 Å². The molecule has 0 amide bonds. The van der Waals surface area contributed by atoms with Gasteiger partial charge in [-0.15, -0.1) is 11.8 Å². The van der Waals surface area contributed by atoms with Crippen molar-refractivity contribution in [2.45, 2.75) is 36.8 Å². The molecule has 3 nitrogen and oxygen atoms in total. The summed E-state index contributed by atoms with van der Waals surface area (Å²) in [7, 11) is 0. The standard InChI is InChI=1S/C13H18O3S/c1-3-5-12(13(15)16-4-2)17-11-8-6-10(14)7-9-11/h6-9,12,14H,3-5H2,1-2H3. The fourth-order valence-electron chi connectivity index (χ4n) is 1.41. The van der Waals surface area contributed by atoms with E-state index in [0.29, 0.717) is 6.61 Å². The van der Waals surface area contributed by atoms with Gasteiger partial charge in [0, 0.05) is 4.90 Å². The Morgan fingerprint density at radius 1 is 1.35 bits per heavy atom. The monoisotopic (exact) mass is 254 g/mol. The lowest BCUT2D eigenvalue weighted by atomic mass is 10.2. The fraction of sp³-hybridized carbons (Fsp3) is 0.462. The van der Waals surface area contributed by atoms with E-state index in [2.05, 4.69) is 0 Å². The molecule has 1 aromatic rings. The highest BCUT2D eigenvalue weighted by atomic mass is 32.2. The van der Waals surface area contributed by atoms with Crippen molar-refractivity contribution in [1.29, 1.82) is 0 Å². The van der Waals surface area contributed by atoms with Crippen LogP contribution in [-0.4, -0.2) is 22.9 Å². The lowest BCUT2D eigenvalue weighted by Gasteiger charge is -2.14. The third-order valence-electron chi connectivity index (χ3n) is 2.22. The quantitative estimate of drug-likeness (QED) is 0.625. The summed E-state index contributed by atoms with van der Waals surface area (Å²) >= 11 is 1.48. The van der Waals surface area contributed by atoms with Crippen LogP contribution < -0.4 is 0 Å².